The summed E-state index contributed by atoms with van der Waals surface area (Å²) in [4.78, 5) is 2.24. The average Bonchev–Trinajstić information content (AvgIpc) is 2.17. The lowest BCUT2D eigenvalue weighted by molar-refractivity contribution is 0.297. The van der Waals surface area contributed by atoms with E-state index in [2.05, 4.69) is 24.9 Å². The van der Waals surface area contributed by atoms with Crippen LogP contribution in [0.3, 0.4) is 0 Å². The van der Waals surface area contributed by atoms with Crippen molar-refractivity contribution in [3.63, 3.8) is 0 Å². The molecular weight excluding hydrogens is 220 g/mol. The first kappa shape index (κ1) is 13.5. The van der Waals surface area contributed by atoms with Crippen molar-refractivity contribution in [1.82, 2.24) is 4.90 Å². The highest BCUT2D eigenvalue weighted by Gasteiger charge is 2.06. The molecule has 1 unspecified atom stereocenters. The molecule has 0 radical (unpaired) electrons. The number of hydrogen-bond donors (Lipinski definition) is 1. The summed E-state index contributed by atoms with van der Waals surface area (Å²) >= 11 is 5.94. The Morgan fingerprint density at radius 3 is 2.81 bits per heavy atom. The summed E-state index contributed by atoms with van der Waals surface area (Å²) < 4.78 is 0. The molecule has 1 aromatic rings. The monoisotopic (exact) mass is 240 g/mol. The van der Waals surface area contributed by atoms with Crippen molar-refractivity contribution in [1.29, 1.82) is 0 Å². The Kier molecular flexibility index (Phi) is 5.81. The lowest BCUT2D eigenvalue weighted by Crippen LogP contribution is -2.34. The predicted molar refractivity (Wildman–Crippen MR) is 70.7 cm³/mol. The highest BCUT2D eigenvalue weighted by molar-refractivity contribution is 6.30. The van der Waals surface area contributed by atoms with Gasteiger partial charge in [0.15, 0.2) is 0 Å². The van der Waals surface area contributed by atoms with Gasteiger partial charge in [-0.1, -0.05) is 37.1 Å². The molecule has 1 atom stereocenters. The van der Waals surface area contributed by atoms with Crippen LogP contribution < -0.4 is 5.73 Å². The van der Waals surface area contributed by atoms with Gasteiger partial charge in [-0.2, -0.15) is 0 Å². The van der Waals surface area contributed by atoms with Crippen LogP contribution in [0, 0.1) is 0 Å². The van der Waals surface area contributed by atoms with Gasteiger partial charge in [0.25, 0.3) is 0 Å². The molecule has 0 aliphatic rings. The quantitative estimate of drug-likeness (QED) is 0.829. The van der Waals surface area contributed by atoms with Crippen LogP contribution in [0.2, 0.25) is 5.02 Å². The van der Waals surface area contributed by atoms with E-state index in [1.807, 2.05) is 18.2 Å². The molecule has 1 aromatic carbocycles. The zero-order chi connectivity index (χ0) is 12.0. The van der Waals surface area contributed by atoms with Gasteiger partial charge in [-0.3, -0.25) is 0 Å². The Morgan fingerprint density at radius 2 is 2.19 bits per heavy atom. The van der Waals surface area contributed by atoms with Crippen molar-refractivity contribution < 1.29 is 0 Å². The fraction of sp³-hybridized carbons (Fsp3) is 0.538. The van der Waals surface area contributed by atoms with Gasteiger partial charge in [0.1, 0.15) is 0 Å². The van der Waals surface area contributed by atoms with E-state index in [1.165, 1.54) is 5.56 Å². The lowest BCUT2D eigenvalue weighted by atomic mass is 10.1. The molecule has 0 aromatic heterocycles. The van der Waals surface area contributed by atoms with Gasteiger partial charge in [-0.25, -0.2) is 0 Å². The first-order chi connectivity index (χ1) is 7.61. The van der Waals surface area contributed by atoms with Gasteiger partial charge in [0.2, 0.25) is 0 Å². The number of halogens is 1. The van der Waals surface area contributed by atoms with E-state index in [0.29, 0.717) is 0 Å². The van der Waals surface area contributed by atoms with Gasteiger partial charge in [-0.05, 0) is 31.2 Å². The van der Waals surface area contributed by atoms with Crippen molar-refractivity contribution in [2.75, 3.05) is 13.6 Å². The van der Waals surface area contributed by atoms with Gasteiger partial charge in [0, 0.05) is 24.2 Å². The third kappa shape index (κ3) is 4.97. The molecular formula is C13H21ClN2. The zero-order valence-electron chi connectivity index (χ0n) is 10.1. The van der Waals surface area contributed by atoms with Gasteiger partial charge < -0.3 is 10.6 Å². The van der Waals surface area contributed by atoms with E-state index in [-0.39, 0.29) is 6.04 Å². The van der Waals surface area contributed by atoms with Crippen LogP contribution in [0.1, 0.15) is 25.3 Å². The maximum absolute atomic E-state index is 6.00. The van der Waals surface area contributed by atoms with Crippen molar-refractivity contribution in [3.05, 3.63) is 34.9 Å². The van der Waals surface area contributed by atoms with Crippen LogP contribution in [0.25, 0.3) is 0 Å². The minimum atomic E-state index is 0.272. The Bertz CT molecular complexity index is 315. The van der Waals surface area contributed by atoms with Crippen LogP contribution in [0.4, 0.5) is 0 Å². The second kappa shape index (κ2) is 6.89. The SMILES string of the molecule is CCCC(N)CN(C)Cc1cccc(Cl)c1. The van der Waals surface area contributed by atoms with Crippen molar-refractivity contribution in [3.8, 4) is 0 Å². The summed E-state index contributed by atoms with van der Waals surface area (Å²) in [7, 11) is 2.09. The number of likely N-dealkylation sites (N-methyl/N-ethyl adjacent to an activating group) is 1. The normalized spacial score (nSPS) is 13.1. The van der Waals surface area contributed by atoms with Crippen molar-refractivity contribution in [2.45, 2.75) is 32.4 Å². The molecule has 0 fully saturated rings. The zero-order valence-corrected chi connectivity index (χ0v) is 10.9. The van der Waals surface area contributed by atoms with Crippen LogP contribution >= 0.6 is 11.6 Å². The van der Waals surface area contributed by atoms with Gasteiger partial charge in [0.05, 0.1) is 0 Å². The summed E-state index contributed by atoms with van der Waals surface area (Å²) in [6, 6.07) is 8.25. The summed E-state index contributed by atoms with van der Waals surface area (Å²) in [6.45, 7) is 4.00. The minimum Gasteiger partial charge on any atom is -0.327 e. The van der Waals surface area contributed by atoms with Gasteiger partial charge in [-0.15, -0.1) is 0 Å². The molecule has 0 heterocycles. The van der Waals surface area contributed by atoms with E-state index in [1.54, 1.807) is 0 Å². The lowest BCUT2D eigenvalue weighted by Gasteiger charge is -2.21. The molecule has 90 valence electrons. The first-order valence-electron chi connectivity index (χ1n) is 5.80. The molecule has 0 amide bonds. The third-order valence-electron chi connectivity index (χ3n) is 2.55. The molecule has 2 N–H and O–H groups in total. The number of hydrogen-bond acceptors (Lipinski definition) is 2. The molecule has 0 aliphatic heterocycles. The van der Waals surface area contributed by atoms with Crippen molar-refractivity contribution >= 4 is 11.6 Å². The highest BCUT2D eigenvalue weighted by Crippen LogP contribution is 2.12. The summed E-state index contributed by atoms with van der Waals surface area (Å²) in [5.41, 5.74) is 7.24. The standard InChI is InChI=1S/C13H21ClN2/c1-3-5-13(15)10-16(2)9-11-6-4-7-12(14)8-11/h4,6-8,13H,3,5,9-10,15H2,1-2H3. The highest BCUT2D eigenvalue weighted by atomic mass is 35.5. The number of nitrogens with two attached hydrogens (primary N) is 1. The Hall–Kier alpha value is -0.570. The van der Waals surface area contributed by atoms with Crippen LogP contribution in [0.5, 0.6) is 0 Å². The molecule has 0 saturated carbocycles. The molecule has 16 heavy (non-hydrogen) atoms. The molecule has 2 nitrogen and oxygen atoms in total. The molecule has 3 heteroatoms. The Balaban J connectivity index is 2.42. The van der Waals surface area contributed by atoms with Crippen LogP contribution in [-0.4, -0.2) is 24.5 Å². The molecule has 0 bridgehead atoms. The molecule has 0 spiro atoms. The minimum absolute atomic E-state index is 0.272. The second-order valence-electron chi connectivity index (χ2n) is 4.38. The fourth-order valence-electron chi connectivity index (χ4n) is 1.87. The maximum Gasteiger partial charge on any atom is 0.0409 e. The topological polar surface area (TPSA) is 29.3 Å². The van der Waals surface area contributed by atoms with Gasteiger partial charge >= 0.3 is 0 Å². The van der Waals surface area contributed by atoms with E-state index in [0.717, 1.165) is 31.0 Å². The fourth-order valence-corrected chi connectivity index (χ4v) is 2.09. The number of rotatable bonds is 6. The van der Waals surface area contributed by atoms with E-state index >= 15 is 0 Å². The largest absolute Gasteiger partial charge is 0.327 e. The van der Waals surface area contributed by atoms with Crippen LogP contribution in [0.15, 0.2) is 24.3 Å². The number of benzene rings is 1. The van der Waals surface area contributed by atoms with E-state index < -0.39 is 0 Å². The Labute approximate surface area is 103 Å². The van der Waals surface area contributed by atoms with E-state index in [9.17, 15) is 0 Å². The van der Waals surface area contributed by atoms with Crippen molar-refractivity contribution in [2.24, 2.45) is 5.73 Å². The average molecular weight is 241 g/mol. The summed E-state index contributed by atoms with van der Waals surface area (Å²) in [5, 5.41) is 0.795. The number of nitrogens with zero attached hydrogens (tertiary/aromatic N) is 1. The molecule has 0 saturated heterocycles. The molecule has 0 aliphatic carbocycles. The first-order valence-corrected chi connectivity index (χ1v) is 6.18. The summed E-state index contributed by atoms with van der Waals surface area (Å²) in [6.07, 6.45) is 2.23. The third-order valence-corrected chi connectivity index (χ3v) is 2.78. The predicted octanol–water partition coefficient (Wildman–Crippen LogP) is 2.90. The Morgan fingerprint density at radius 1 is 1.44 bits per heavy atom. The smallest absolute Gasteiger partial charge is 0.0409 e. The van der Waals surface area contributed by atoms with E-state index in [4.69, 9.17) is 17.3 Å². The van der Waals surface area contributed by atoms with Crippen LogP contribution in [-0.2, 0) is 6.54 Å². The second-order valence-corrected chi connectivity index (χ2v) is 4.81. The maximum atomic E-state index is 6.00. The molecule has 1 rings (SSSR count). The summed E-state index contributed by atoms with van der Waals surface area (Å²) in [5.74, 6) is 0.